The number of thiocarbonyl (C=S) groups is 1. The van der Waals surface area contributed by atoms with Gasteiger partial charge >= 0.3 is 5.97 Å². The second kappa shape index (κ2) is 8.52. The lowest BCUT2D eigenvalue weighted by Gasteiger charge is -2.36. The van der Waals surface area contributed by atoms with Crippen molar-refractivity contribution in [3.05, 3.63) is 35.6 Å². The van der Waals surface area contributed by atoms with Gasteiger partial charge in [-0.2, -0.15) is 0 Å². The van der Waals surface area contributed by atoms with Crippen molar-refractivity contribution in [2.24, 2.45) is 0 Å². The molecule has 25 heavy (non-hydrogen) atoms. The predicted molar refractivity (Wildman–Crippen MR) is 91.2 cm³/mol. The number of carbonyl (C=O) groups is 3. The molecule has 1 aromatic rings. The van der Waals surface area contributed by atoms with Crippen LogP contribution in [0, 0.1) is 5.82 Å². The van der Waals surface area contributed by atoms with Crippen LogP contribution in [0.5, 0.6) is 0 Å². The molecule has 0 radical (unpaired) electrons. The first-order chi connectivity index (χ1) is 11.9. The highest BCUT2D eigenvalue weighted by Gasteiger charge is 2.34. The minimum absolute atomic E-state index is 0.0264. The highest BCUT2D eigenvalue weighted by atomic mass is 32.1. The third-order valence-electron chi connectivity index (χ3n) is 3.58. The van der Waals surface area contributed by atoms with Gasteiger partial charge in [-0.15, -0.1) is 0 Å². The third-order valence-corrected chi connectivity index (χ3v) is 3.92. The van der Waals surface area contributed by atoms with E-state index in [1.54, 1.807) is 6.92 Å². The summed E-state index contributed by atoms with van der Waals surface area (Å²) in [7, 11) is 0. The molecule has 1 unspecified atom stereocenters. The number of amides is 2. The van der Waals surface area contributed by atoms with Crippen LogP contribution >= 0.6 is 12.2 Å². The predicted octanol–water partition coefficient (Wildman–Crippen LogP) is 0.594. The minimum Gasteiger partial charge on any atom is -0.466 e. The molecular formula is C16H18FN3O4S. The largest absolute Gasteiger partial charge is 0.466 e. The van der Waals surface area contributed by atoms with E-state index in [1.807, 2.05) is 0 Å². The zero-order chi connectivity index (χ0) is 18.4. The molecule has 1 saturated heterocycles. The van der Waals surface area contributed by atoms with Crippen molar-refractivity contribution in [3.8, 4) is 0 Å². The zero-order valence-corrected chi connectivity index (χ0v) is 14.4. The van der Waals surface area contributed by atoms with Gasteiger partial charge < -0.3 is 15.0 Å². The molecule has 0 aromatic heterocycles. The van der Waals surface area contributed by atoms with Crippen molar-refractivity contribution in [3.63, 3.8) is 0 Å². The van der Waals surface area contributed by atoms with Crippen LogP contribution in [0.25, 0.3) is 0 Å². The molecule has 1 heterocycles. The molecular weight excluding hydrogens is 349 g/mol. The number of halogens is 1. The van der Waals surface area contributed by atoms with Crippen molar-refractivity contribution in [2.75, 3.05) is 19.7 Å². The van der Waals surface area contributed by atoms with Gasteiger partial charge in [-0.3, -0.25) is 19.7 Å². The first-order valence-electron chi connectivity index (χ1n) is 7.73. The summed E-state index contributed by atoms with van der Waals surface area (Å²) >= 11 is 5.21. The summed E-state index contributed by atoms with van der Waals surface area (Å²) in [6.07, 6.45) is -0.174. The number of carbonyl (C=O) groups excluding carboxylic acids is 3. The monoisotopic (exact) mass is 367 g/mol. The van der Waals surface area contributed by atoms with Crippen LogP contribution < -0.4 is 10.6 Å². The lowest BCUT2D eigenvalue weighted by atomic mass is 10.1. The van der Waals surface area contributed by atoms with E-state index < -0.39 is 23.7 Å². The van der Waals surface area contributed by atoms with Crippen molar-refractivity contribution in [2.45, 2.75) is 19.4 Å². The summed E-state index contributed by atoms with van der Waals surface area (Å²) in [6.45, 7) is 2.56. The maximum atomic E-state index is 12.9. The first-order valence-corrected chi connectivity index (χ1v) is 8.14. The van der Waals surface area contributed by atoms with Crippen LogP contribution in [0.2, 0.25) is 0 Å². The molecule has 2 amide bonds. The summed E-state index contributed by atoms with van der Waals surface area (Å²) in [5.41, 5.74) is 0.229. The van der Waals surface area contributed by atoms with E-state index in [0.29, 0.717) is 13.1 Å². The van der Waals surface area contributed by atoms with Crippen LogP contribution in [0.15, 0.2) is 24.3 Å². The Morgan fingerprint density at radius 1 is 1.40 bits per heavy atom. The quantitative estimate of drug-likeness (QED) is 0.598. The van der Waals surface area contributed by atoms with Crippen molar-refractivity contribution in [1.82, 2.24) is 15.5 Å². The van der Waals surface area contributed by atoms with Crippen LogP contribution in [0.4, 0.5) is 4.39 Å². The normalized spacial score (nSPS) is 16.8. The molecule has 1 aliphatic heterocycles. The van der Waals surface area contributed by atoms with Gasteiger partial charge in [-0.05, 0) is 43.4 Å². The molecule has 0 saturated carbocycles. The standard InChI is InChI=1S/C16H18FN3O4S/c1-2-24-13(21)9-12-15(23)18-7-8-20(12)16(25)19-14(22)10-3-5-11(17)6-4-10/h3-6,12H,2,7-9H2,1H3,(H,18,23)(H,19,22,25). The van der Waals surface area contributed by atoms with E-state index in [-0.39, 0.29) is 29.6 Å². The smallest absolute Gasteiger partial charge is 0.308 e. The second-order valence-electron chi connectivity index (χ2n) is 5.28. The lowest BCUT2D eigenvalue weighted by molar-refractivity contribution is -0.147. The van der Waals surface area contributed by atoms with Crippen LogP contribution in [0.3, 0.4) is 0 Å². The maximum Gasteiger partial charge on any atom is 0.308 e. The van der Waals surface area contributed by atoms with E-state index >= 15 is 0 Å². The Balaban J connectivity index is 2.06. The van der Waals surface area contributed by atoms with Gasteiger partial charge in [0.1, 0.15) is 11.9 Å². The average Bonchev–Trinajstić information content (AvgIpc) is 2.57. The Kier molecular flexibility index (Phi) is 6.40. The third kappa shape index (κ3) is 4.96. The molecule has 1 aromatic carbocycles. The first kappa shape index (κ1) is 18.8. The number of hydrogen-bond donors (Lipinski definition) is 2. The Morgan fingerprint density at radius 2 is 2.08 bits per heavy atom. The summed E-state index contributed by atoms with van der Waals surface area (Å²) in [6, 6.07) is 4.12. The number of nitrogens with zero attached hydrogens (tertiary/aromatic N) is 1. The lowest BCUT2D eigenvalue weighted by Crippen LogP contribution is -2.60. The van der Waals surface area contributed by atoms with Crippen molar-refractivity contribution < 1.29 is 23.5 Å². The molecule has 1 fully saturated rings. The SMILES string of the molecule is CCOC(=O)CC1C(=O)NCCN1C(=S)NC(=O)c1ccc(F)cc1. The number of hydrogen-bond acceptors (Lipinski definition) is 5. The molecule has 134 valence electrons. The minimum atomic E-state index is -0.853. The molecule has 7 nitrogen and oxygen atoms in total. The van der Waals surface area contributed by atoms with Gasteiger partial charge in [0.15, 0.2) is 5.11 Å². The van der Waals surface area contributed by atoms with Gasteiger partial charge in [-0.1, -0.05) is 0 Å². The van der Waals surface area contributed by atoms with Gasteiger partial charge in [-0.25, -0.2) is 4.39 Å². The number of piperazine rings is 1. The molecule has 0 spiro atoms. The molecule has 2 rings (SSSR count). The topological polar surface area (TPSA) is 87.7 Å². The fraction of sp³-hybridized carbons (Fsp3) is 0.375. The zero-order valence-electron chi connectivity index (χ0n) is 13.6. The highest BCUT2D eigenvalue weighted by Crippen LogP contribution is 2.11. The summed E-state index contributed by atoms with van der Waals surface area (Å²) < 4.78 is 17.8. The molecule has 0 bridgehead atoms. The van der Waals surface area contributed by atoms with Crippen LogP contribution in [-0.2, 0) is 14.3 Å². The molecule has 9 heteroatoms. The Hall–Kier alpha value is -2.55. The van der Waals surface area contributed by atoms with E-state index in [1.165, 1.54) is 17.0 Å². The average molecular weight is 367 g/mol. The Labute approximate surface area is 149 Å². The van der Waals surface area contributed by atoms with Crippen molar-refractivity contribution in [1.29, 1.82) is 0 Å². The summed E-state index contributed by atoms with van der Waals surface area (Å²) in [5.74, 6) is -1.87. The van der Waals surface area contributed by atoms with Gasteiger partial charge in [0.05, 0.1) is 13.0 Å². The van der Waals surface area contributed by atoms with Crippen LogP contribution in [0.1, 0.15) is 23.7 Å². The number of esters is 1. The van der Waals surface area contributed by atoms with Crippen LogP contribution in [-0.4, -0.2) is 53.5 Å². The van der Waals surface area contributed by atoms with Crippen molar-refractivity contribution >= 4 is 35.1 Å². The Bertz CT molecular complexity index is 680. The fourth-order valence-corrected chi connectivity index (χ4v) is 2.69. The van der Waals surface area contributed by atoms with E-state index in [4.69, 9.17) is 17.0 Å². The number of rotatable bonds is 4. The van der Waals surface area contributed by atoms with E-state index in [9.17, 15) is 18.8 Å². The molecule has 2 N–H and O–H groups in total. The van der Waals surface area contributed by atoms with E-state index in [2.05, 4.69) is 10.6 Å². The fourth-order valence-electron chi connectivity index (χ4n) is 2.38. The second-order valence-corrected chi connectivity index (χ2v) is 5.66. The number of ether oxygens (including phenoxy) is 1. The summed E-state index contributed by atoms with van der Waals surface area (Å²) in [5, 5.41) is 5.18. The van der Waals surface area contributed by atoms with Gasteiger partial charge in [0.25, 0.3) is 5.91 Å². The van der Waals surface area contributed by atoms with Gasteiger partial charge in [0.2, 0.25) is 5.91 Å². The molecule has 0 aliphatic carbocycles. The Morgan fingerprint density at radius 3 is 2.72 bits per heavy atom. The van der Waals surface area contributed by atoms with Gasteiger partial charge in [0, 0.05) is 18.7 Å². The maximum absolute atomic E-state index is 12.9. The number of benzene rings is 1. The molecule has 1 aliphatic rings. The highest BCUT2D eigenvalue weighted by molar-refractivity contribution is 7.80. The number of nitrogens with one attached hydrogen (secondary N) is 2. The summed E-state index contributed by atoms with van der Waals surface area (Å²) in [4.78, 5) is 37.4. The molecule has 1 atom stereocenters. The van der Waals surface area contributed by atoms with E-state index in [0.717, 1.165) is 12.1 Å².